The summed E-state index contributed by atoms with van der Waals surface area (Å²) in [4.78, 5) is 0. The van der Waals surface area contributed by atoms with Crippen LogP contribution in [0.5, 0.6) is 0 Å². The molecule has 1 aliphatic heterocycles. The number of hydrogen-bond donors (Lipinski definition) is 1. The van der Waals surface area contributed by atoms with Crippen LogP contribution in [0.4, 0.5) is 0 Å². The Morgan fingerprint density at radius 2 is 2.14 bits per heavy atom. The highest BCUT2D eigenvalue weighted by Crippen LogP contribution is 2.22. The molecule has 0 aromatic rings. The molecule has 5 heteroatoms. The number of hydrogen-bond acceptors (Lipinski definition) is 3. The lowest BCUT2D eigenvalue weighted by atomic mass is 10.0. The molecular weight excluding hydrogens is 202 g/mol. The van der Waals surface area contributed by atoms with E-state index in [-0.39, 0.29) is 11.8 Å². The van der Waals surface area contributed by atoms with E-state index in [1.807, 2.05) is 0 Å². The van der Waals surface area contributed by atoms with Crippen molar-refractivity contribution < 1.29 is 13.5 Å². The fourth-order valence-corrected chi connectivity index (χ4v) is 3.36. The van der Waals surface area contributed by atoms with Gasteiger partial charge in [0.15, 0.2) is 0 Å². The smallest absolute Gasteiger partial charge is 0.214 e. The van der Waals surface area contributed by atoms with Crippen LogP contribution in [0.2, 0.25) is 0 Å². The van der Waals surface area contributed by atoms with Gasteiger partial charge in [0.25, 0.3) is 0 Å². The van der Waals surface area contributed by atoms with Crippen molar-refractivity contribution in [2.24, 2.45) is 0 Å². The normalized spacial score (nSPS) is 27.5. The van der Waals surface area contributed by atoms with E-state index in [9.17, 15) is 13.5 Å². The van der Waals surface area contributed by atoms with Crippen LogP contribution in [0.25, 0.3) is 0 Å². The van der Waals surface area contributed by atoms with Gasteiger partial charge < -0.3 is 5.11 Å². The third-order valence-electron chi connectivity index (χ3n) is 2.78. The number of sulfonamides is 1. The van der Waals surface area contributed by atoms with Crippen molar-refractivity contribution in [3.05, 3.63) is 0 Å². The molecule has 2 atom stereocenters. The van der Waals surface area contributed by atoms with E-state index in [4.69, 9.17) is 0 Å². The SMILES string of the molecule is CCS(=O)(=O)N1CCCCC1C(C)O. The summed E-state index contributed by atoms with van der Waals surface area (Å²) in [6.45, 7) is 3.86. The minimum atomic E-state index is -3.14. The van der Waals surface area contributed by atoms with Crippen molar-refractivity contribution in [3.63, 3.8) is 0 Å². The first kappa shape index (κ1) is 11.9. The summed E-state index contributed by atoms with van der Waals surface area (Å²) in [6.07, 6.45) is 2.11. The average molecular weight is 221 g/mol. The molecule has 1 saturated heterocycles. The zero-order chi connectivity index (χ0) is 10.8. The second-order valence-electron chi connectivity index (χ2n) is 3.82. The number of aliphatic hydroxyl groups excluding tert-OH is 1. The zero-order valence-electron chi connectivity index (χ0n) is 8.81. The van der Waals surface area contributed by atoms with Crippen molar-refractivity contribution in [3.8, 4) is 0 Å². The van der Waals surface area contributed by atoms with Crippen molar-refractivity contribution in [1.82, 2.24) is 4.31 Å². The molecule has 0 bridgehead atoms. The minimum absolute atomic E-state index is 0.121. The summed E-state index contributed by atoms with van der Waals surface area (Å²) >= 11 is 0. The molecule has 4 nitrogen and oxygen atoms in total. The summed E-state index contributed by atoms with van der Waals surface area (Å²) in [5.74, 6) is 0.121. The van der Waals surface area contributed by atoms with Gasteiger partial charge in [-0.05, 0) is 26.7 Å². The predicted molar refractivity (Wildman–Crippen MR) is 55.5 cm³/mol. The van der Waals surface area contributed by atoms with Gasteiger partial charge in [0.1, 0.15) is 0 Å². The molecule has 14 heavy (non-hydrogen) atoms. The Labute approximate surface area is 86.0 Å². The van der Waals surface area contributed by atoms with Crippen LogP contribution in [0.1, 0.15) is 33.1 Å². The van der Waals surface area contributed by atoms with Gasteiger partial charge in [-0.2, -0.15) is 4.31 Å². The van der Waals surface area contributed by atoms with Gasteiger partial charge in [-0.25, -0.2) is 8.42 Å². The Hall–Kier alpha value is -0.130. The summed E-state index contributed by atoms with van der Waals surface area (Å²) < 4.78 is 24.8. The molecule has 84 valence electrons. The monoisotopic (exact) mass is 221 g/mol. The first-order chi connectivity index (χ1) is 6.49. The minimum Gasteiger partial charge on any atom is -0.392 e. The first-order valence-corrected chi connectivity index (χ1v) is 6.77. The maximum atomic E-state index is 11.7. The van der Waals surface area contributed by atoms with Gasteiger partial charge in [-0.15, -0.1) is 0 Å². The summed E-state index contributed by atoms with van der Waals surface area (Å²) in [7, 11) is -3.14. The molecule has 0 spiro atoms. The number of nitrogens with zero attached hydrogens (tertiary/aromatic N) is 1. The van der Waals surface area contributed by atoms with Gasteiger partial charge in [0, 0.05) is 6.54 Å². The van der Waals surface area contributed by atoms with Crippen LogP contribution in [-0.2, 0) is 10.0 Å². The summed E-state index contributed by atoms with van der Waals surface area (Å²) in [5, 5.41) is 9.50. The molecule has 2 unspecified atom stereocenters. The highest BCUT2D eigenvalue weighted by atomic mass is 32.2. The summed E-state index contributed by atoms with van der Waals surface area (Å²) in [5.41, 5.74) is 0. The quantitative estimate of drug-likeness (QED) is 0.758. The first-order valence-electron chi connectivity index (χ1n) is 5.16. The lowest BCUT2D eigenvalue weighted by Gasteiger charge is -2.36. The number of rotatable bonds is 3. The second-order valence-corrected chi connectivity index (χ2v) is 6.03. The predicted octanol–water partition coefficient (Wildman–Crippen LogP) is 0.571. The largest absolute Gasteiger partial charge is 0.392 e. The Kier molecular flexibility index (Phi) is 3.92. The molecule has 0 amide bonds. The van der Waals surface area contributed by atoms with E-state index >= 15 is 0 Å². The van der Waals surface area contributed by atoms with Crippen LogP contribution in [0.3, 0.4) is 0 Å². The Morgan fingerprint density at radius 3 is 2.64 bits per heavy atom. The highest BCUT2D eigenvalue weighted by Gasteiger charge is 2.33. The Morgan fingerprint density at radius 1 is 1.50 bits per heavy atom. The third-order valence-corrected chi connectivity index (χ3v) is 4.67. The molecule has 0 radical (unpaired) electrons. The van der Waals surface area contributed by atoms with Gasteiger partial charge >= 0.3 is 0 Å². The van der Waals surface area contributed by atoms with E-state index in [2.05, 4.69) is 0 Å². The van der Waals surface area contributed by atoms with E-state index in [0.717, 1.165) is 19.3 Å². The molecule has 1 aliphatic rings. The standard InChI is InChI=1S/C9H19NO3S/c1-3-14(12,13)10-7-5-4-6-9(10)8(2)11/h8-9,11H,3-7H2,1-2H3. The Bertz CT molecular complexity index is 274. The van der Waals surface area contributed by atoms with E-state index in [1.54, 1.807) is 13.8 Å². The average Bonchev–Trinajstić information content (AvgIpc) is 2.18. The number of aliphatic hydroxyl groups is 1. The molecule has 0 aromatic carbocycles. The maximum Gasteiger partial charge on any atom is 0.214 e. The fraction of sp³-hybridized carbons (Fsp3) is 1.00. The molecule has 1 N–H and O–H groups in total. The second kappa shape index (κ2) is 4.59. The summed E-state index contributed by atoms with van der Waals surface area (Å²) in [6, 6.07) is -0.214. The molecule has 1 rings (SSSR count). The molecule has 1 heterocycles. The maximum absolute atomic E-state index is 11.7. The van der Waals surface area contributed by atoms with Crippen molar-refractivity contribution >= 4 is 10.0 Å². The lowest BCUT2D eigenvalue weighted by Crippen LogP contribution is -2.49. The molecule has 0 saturated carbocycles. The fourth-order valence-electron chi connectivity index (χ4n) is 1.92. The van der Waals surface area contributed by atoms with Crippen molar-refractivity contribution in [2.75, 3.05) is 12.3 Å². The topological polar surface area (TPSA) is 57.6 Å². The van der Waals surface area contributed by atoms with Gasteiger partial charge in [-0.1, -0.05) is 6.42 Å². The van der Waals surface area contributed by atoms with E-state index < -0.39 is 16.1 Å². The van der Waals surface area contributed by atoms with Gasteiger partial charge in [0.05, 0.1) is 17.9 Å². The molecular formula is C9H19NO3S. The Balaban J connectivity index is 2.83. The van der Waals surface area contributed by atoms with Crippen LogP contribution in [0.15, 0.2) is 0 Å². The van der Waals surface area contributed by atoms with E-state index in [1.165, 1.54) is 4.31 Å². The lowest BCUT2D eigenvalue weighted by molar-refractivity contribution is 0.0832. The van der Waals surface area contributed by atoms with Gasteiger partial charge in [-0.3, -0.25) is 0 Å². The van der Waals surface area contributed by atoms with Crippen LogP contribution in [0, 0.1) is 0 Å². The third kappa shape index (κ3) is 2.46. The molecule has 0 aliphatic carbocycles. The highest BCUT2D eigenvalue weighted by molar-refractivity contribution is 7.89. The van der Waals surface area contributed by atoms with E-state index in [0.29, 0.717) is 6.54 Å². The van der Waals surface area contributed by atoms with Gasteiger partial charge in [0.2, 0.25) is 10.0 Å². The number of piperidine rings is 1. The van der Waals surface area contributed by atoms with Crippen LogP contribution >= 0.6 is 0 Å². The van der Waals surface area contributed by atoms with Crippen molar-refractivity contribution in [2.45, 2.75) is 45.3 Å². The van der Waals surface area contributed by atoms with Crippen molar-refractivity contribution in [1.29, 1.82) is 0 Å². The molecule has 0 aromatic heterocycles. The van der Waals surface area contributed by atoms with Crippen LogP contribution < -0.4 is 0 Å². The molecule has 1 fully saturated rings. The van der Waals surface area contributed by atoms with Crippen LogP contribution in [-0.4, -0.2) is 42.3 Å². The zero-order valence-corrected chi connectivity index (χ0v) is 9.63.